The number of ether oxygens (including phenoxy) is 5. The molecule has 3 aromatic rings. The monoisotopic (exact) mass is 470 g/mol. The minimum atomic E-state index is -0.659. The highest BCUT2D eigenvalue weighted by Crippen LogP contribution is 2.44. The van der Waals surface area contributed by atoms with Gasteiger partial charge in [-0.1, -0.05) is 35.9 Å². The van der Waals surface area contributed by atoms with Gasteiger partial charge in [-0.25, -0.2) is 4.79 Å². The van der Waals surface area contributed by atoms with Crippen LogP contribution in [0.25, 0.3) is 0 Å². The second-order valence-corrected chi connectivity index (χ2v) is 7.27. The molecule has 7 nitrogen and oxygen atoms in total. The van der Waals surface area contributed by atoms with Gasteiger partial charge in [-0.2, -0.15) is 0 Å². The first-order valence-electron chi connectivity index (χ1n) is 10.0. The van der Waals surface area contributed by atoms with Crippen LogP contribution in [-0.4, -0.2) is 35.3 Å². The molecule has 3 aromatic carbocycles. The predicted molar refractivity (Wildman–Crippen MR) is 127 cm³/mol. The standard InChI is InChI=1S/C24H24BClO7/c1-28-17-8-4-15(5-9-17)13-31-20-12-19(26)22(30-3)21(24(27)33-25)23(20)32-14-16-6-10-18(29-2)11-7-16/h4-12H,13-14,25H2,1-3H3. The Morgan fingerprint density at radius 3 is 1.76 bits per heavy atom. The van der Waals surface area contributed by atoms with Gasteiger partial charge in [-0.15, -0.1) is 0 Å². The summed E-state index contributed by atoms with van der Waals surface area (Å²) in [6.07, 6.45) is 0. The van der Waals surface area contributed by atoms with Crippen molar-refractivity contribution in [3.05, 3.63) is 76.3 Å². The summed E-state index contributed by atoms with van der Waals surface area (Å²) in [5.41, 5.74) is 1.80. The Kier molecular flexibility index (Phi) is 8.32. The van der Waals surface area contributed by atoms with Crippen LogP contribution in [-0.2, 0) is 17.9 Å². The van der Waals surface area contributed by atoms with Crippen LogP contribution < -0.4 is 23.7 Å². The fraction of sp³-hybridized carbons (Fsp3) is 0.208. The number of hydrogen-bond acceptors (Lipinski definition) is 7. The second kappa shape index (κ2) is 11.4. The van der Waals surface area contributed by atoms with E-state index in [9.17, 15) is 4.79 Å². The summed E-state index contributed by atoms with van der Waals surface area (Å²) < 4.78 is 32.7. The highest BCUT2D eigenvalue weighted by molar-refractivity contribution is 6.33. The van der Waals surface area contributed by atoms with Gasteiger partial charge in [-0.3, -0.25) is 0 Å². The van der Waals surface area contributed by atoms with Gasteiger partial charge in [0.25, 0.3) is 0 Å². The van der Waals surface area contributed by atoms with Crippen LogP contribution in [0.4, 0.5) is 0 Å². The Bertz CT molecular complexity index is 1090. The van der Waals surface area contributed by atoms with Gasteiger partial charge in [0, 0.05) is 6.07 Å². The van der Waals surface area contributed by atoms with Crippen molar-refractivity contribution in [3.63, 3.8) is 0 Å². The normalized spacial score (nSPS) is 10.3. The summed E-state index contributed by atoms with van der Waals surface area (Å²) in [4.78, 5) is 12.6. The lowest BCUT2D eigenvalue weighted by Gasteiger charge is -2.19. The van der Waals surface area contributed by atoms with Crippen LogP contribution in [0.2, 0.25) is 5.02 Å². The zero-order chi connectivity index (χ0) is 23.8. The minimum Gasteiger partial charge on any atom is -0.540 e. The van der Waals surface area contributed by atoms with E-state index in [1.54, 1.807) is 20.3 Å². The van der Waals surface area contributed by atoms with Crippen molar-refractivity contribution in [2.45, 2.75) is 13.2 Å². The molecule has 0 atom stereocenters. The summed E-state index contributed by atoms with van der Waals surface area (Å²) in [6, 6.07) is 16.4. The average Bonchev–Trinajstić information content (AvgIpc) is 2.86. The first-order chi connectivity index (χ1) is 16.0. The number of methoxy groups -OCH3 is 3. The predicted octanol–water partition coefficient (Wildman–Crippen LogP) is 4.23. The molecular weight excluding hydrogens is 447 g/mol. The molecular formula is C24H24BClO7. The number of carbonyl (C=O) groups is 1. The third-order valence-electron chi connectivity index (χ3n) is 4.84. The maximum atomic E-state index is 12.6. The molecule has 0 saturated heterocycles. The molecule has 0 saturated carbocycles. The van der Waals surface area contributed by atoms with Gasteiger partial charge in [0.15, 0.2) is 17.2 Å². The van der Waals surface area contributed by atoms with Gasteiger partial charge >= 0.3 is 14.0 Å². The molecule has 9 heteroatoms. The Morgan fingerprint density at radius 2 is 1.30 bits per heavy atom. The molecule has 0 amide bonds. The van der Waals surface area contributed by atoms with E-state index in [0.717, 1.165) is 22.6 Å². The molecule has 0 fully saturated rings. The van der Waals surface area contributed by atoms with E-state index in [4.69, 9.17) is 39.9 Å². The van der Waals surface area contributed by atoms with Crippen LogP contribution in [0.15, 0.2) is 54.6 Å². The highest BCUT2D eigenvalue weighted by atomic mass is 35.5. The van der Waals surface area contributed by atoms with Crippen molar-refractivity contribution >= 4 is 25.6 Å². The molecule has 0 spiro atoms. The zero-order valence-electron chi connectivity index (χ0n) is 18.8. The maximum absolute atomic E-state index is 12.6. The highest BCUT2D eigenvalue weighted by Gasteiger charge is 2.27. The van der Waals surface area contributed by atoms with Crippen LogP contribution in [0.5, 0.6) is 28.7 Å². The lowest BCUT2D eigenvalue weighted by Crippen LogP contribution is -2.11. The zero-order valence-corrected chi connectivity index (χ0v) is 19.6. The summed E-state index contributed by atoms with van der Waals surface area (Å²) in [7, 11) is 5.89. The molecule has 3 rings (SSSR count). The molecule has 0 aliphatic carbocycles. The van der Waals surface area contributed by atoms with E-state index in [2.05, 4.69) is 0 Å². The van der Waals surface area contributed by atoms with Crippen molar-refractivity contribution in [1.29, 1.82) is 0 Å². The Labute approximate surface area is 198 Å². The third-order valence-corrected chi connectivity index (χ3v) is 5.12. The lowest BCUT2D eigenvalue weighted by atomic mass is 10.1. The number of rotatable bonds is 10. The van der Waals surface area contributed by atoms with Crippen LogP contribution in [0, 0.1) is 0 Å². The molecule has 0 bridgehead atoms. The third kappa shape index (κ3) is 5.84. The largest absolute Gasteiger partial charge is 0.540 e. The molecule has 0 aliphatic rings. The minimum absolute atomic E-state index is 0.0470. The number of hydrogen-bond donors (Lipinski definition) is 0. The average molecular weight is 471 g/mol. The number of benzene rings is 3. The van der Waals surface area contributed by atoms with Gasteiger partial charge in [0.2, 0.25) is 0 Å². The van der Waals surface area contributed by atoms with Gasteiger partial charge in [0.05, 0.1) is 26.4 Å². The van der Waals surface area contributed by atoms with Gasteiger partial charge in [-0.05, 0) is 35.4 Å². The van der Waals surface area contributed by atoms with Gasteiger partial charge in [0.1, 0.15) is 30.3 Å². The van der Waals surface area contributed by atoms with Crippen molar-refractivity contribution in [2.75, 3.05) is 21.3 Å². The molecule has 0 unspecified atom stereocenters. The first-order valence-corrected chi connectivity index (χ1v) is 10.4. The Hall–Kier alpha value is -3.52. The van der Waals surface area contributed by atoms with Crippen LogP contribution in [0.1, 0.15) is 21.5 Å². The topological polar surface area (TPSA) is 72.5 Å². The molecule has 33 heavy (non-hydrogen) atoms. The molecule has 0 aromatic heterocycles. The fourth-order valence-corrected chi connectivity index (χ4v) is 3.36. The lowest BCUT2D eigenvalue weighted by molar-refractivity contribution is 0.0739. The molecule has 0 heterocycles. The first kappa shape index (κ1) is 24.1. The smallest absolute Gasteiger partial charge is 0.327 e. The van der Waals surface area contributed by atoms with Gasteiger partial charge < -0.3 is 28.3 Å². The Balaban J connectivity index is 1.94. The fourth-order valence-electron chi connectivity index (χ4n) is 3.09. The van der Waals surface area contributed by atoms with Crippen LogP contribution in [0.3, 0.4) is 0 Å². The van der Waals surface area contributed by atoms with Crippen molar-refractivity contribution in [2.24, 2.45) is 0 Å². The van der Waals surface area contributed by atoms with E-state index in [0.29, 0.717) is 0 Å². The SMILES string of the molecule is BOC(=O)c1c(OC)c(Cl)cc(OCc2ccc(OC)cc2)c1OCc1ccc(OC)cc1. The maximum Gasteiger partial charge on any atom is 0.327 e. The van der Waals surface area contributed by atoms with E-state index >= 15 is 0 Å². The number of carbonyl (C=O) groups excluding carboxylic acids is 1. The molecule has 0 aliphatic heterocycles. The van der Waals surface area contributed by atoms with E-state index < -0.39 is 5.97 Å². The van der Waals surface area contributed by atoms with Crippen molar-refractivity contribution < 1.29 is 33.1 Å². The summed E-state index contributed by atoms with van der Waals surface area (Å²) >= 11 is 6.38. The second-order valence-electron chi connectivity index (χ2n) is 6.86. The quantitative estimate of drug-likeness (QED) is 0.411. The Morgan fingerprint density at radius 1 is 0.788 bits per heavy atom. The van der Waals surface area contributed by atoms with E-state index in [-0.39, 0.29) is 41.0 Å². The molecule has 0 N–H and O–H groups in total. The summed E-state index contributed by atoms with van der Waals surface area (Å²) in [5, 5.41) is 0.194. The van der Waals surface area contributed by atoms with E-state index in [1.807, 2.05) is 48.5 Å². The van der Waals surface area contributed by atoms with Crippen LogP contribution >= 0.6 is 11.6 Å². The van der Waals surface area contributed by atoms with E-state index in [1.165, 1.54) is 15.2 Å². The number of halogens is 1. The molecule has 0 radical (unpaired) electrons. The summed E-state index contributed by atoms with van der Waals surface area (Å²) in [5.74, 6) is 1.41. The van der Waals surface area contributed by atoms with Crippen molar-refractivity contribution in [1.82, 2.24) is 0 Å². The summed E-state index contributed by atoms with van der Waals surface area (Å²) in [6.45, 7) is 0.379. The molecule has 172 valence electrons. The van der Waals surface area contributed by atoms with Crippen molar-refractivity contribution in [3.8, 4) is 28.7 Å².